The zero-order chi connectivity index (χ0) is 23.8. The lowest BCUT2D eigenvalue weighted by molar-refractivity contribution is -0.126. The molecule has 0 aliphatic carbocycles. The van der Waals surface area contributed by atoms with Gasteiger partial charge >= 0.3 is 0 Å². The highest BCUT2D eigenvalue weighted by Gasteiger charge is 2.20. The van der Waals surface area contributed by atoms with Gasteiger partial charge in [-0.3, -0.25) is 9.59 Å². The Bertz CT molecular complexity index is 1120. The third kappa shape index (κ3) is 6.04. The van der Waals surface area contributed by atoms with Crippen molar-refractivity contribution in [3.63, 3.8) is 0 Å². The van der Waals surface area contributed by atoms with Gasteiger partial charge in [-0.1, -0.05) is 30.3 Å². The third-order valence-corrected chi connectivity index (χ3v) is 5.73. The minimum atomic E-state index is -0.161. The van der Waals surface area contributed by atoms with Gasteiger partial charge in [-0.15, -0.1) is 0 Å². The van der Waals surface area contributed by atoms with Crippen LogP contribution in [-0.2, 0) is 4.79 Å². The van der Waals surface area contributed by atoms with E-state index in [4.69, 9.17) is 4.74 Å². The Morgan fingerprint density at radius 1 is 0.882 bits per heavy atom. The first-order valence-corrected chi connectivity index (χ1v) is 11.5. The van der Waals surface area contributed by atoms with Crippen LogP contribution in [0.2, 0.25) is 0 Å². The summed E-state index contributed by atoms with van der Waals surface area (Å²) in [5.41, 5.74) is 3.41. The predicted molar refractivity (Wildman–Crippen MR) is 136 cm³/mol. The second-order valence-corrected chi connectivity index (χ2v) is 8.01. The van der Waals surface area contributed by atoms with Gasteiger partial charge in [0, 0.05) is 49.2 Å². The number of piperazine rings is 1. The smallest absolute Gasteiger partial charge is 0.255 e. The van der Waals surface area contributed by atoms with Crippen LogP contribution in [0.25, 0.3) is 6.08 Å². The summed E-state index contributed by atoms with van der Waals surface area (Å²) < 4.78 is 5.42. The van der Waals surface area contributed by atoms with E-state index in [1.165, 1.54) is 0 Å². The van der Waals surface area contributed by atoms with Crippen LogP contribution in [-0.4, -0.2) is 49.5 Å². The van der Waals surface area contributed by atoms with Gasteiger partial charge in [-0.25, -0.2) is 0 Å². The van der Waals surface area contributed by atoms with E-state index in [1.807, 2.05) is 72.5 Å². The topological polar surface area (TPSA) is 61.9 Å². The maximum Gasteiger partial charge on any atom is 0.255 e. The number of ether oxygens (including phenoxy) is 1. The molecule has 1 saturated heterocycles. The SMILES string of the molecule is CCOc1ccc(C(=O)Nc2ccc(N3CCN(C(=O)/C=C\c4ccccc4)CC3)cc2)cc1. The fraction of sp³-hybridized carbons (Fsp3) is 0.214. The fourth-order valence-electron chi connectivity index (χ4n) is 3.85. The second kappa shape index (κ2) is 11.2. The lowest BCUT2D eigenvalue weighted by Gasteiger charge is -2.35. The van der Waals surface area contributed by atoms with Crippen molar-refractivity contribution in [3.8, 4) is 5.75 Å². The summed E-state index contributed by atoms with van der Waals surface area (Å²) in [6, 6.07) is 24.7. The molecule has 1 fully saturated rings. The lowest BCUT2D eigenvalue weighted by atomic mass is 10.2. The second-order valence-electron chi connectivity index (χ2n) is 8.01. The van der Waals surface area contributed by atoms with Crippen LogP contribution in [0.4, 0.5) is 11.4 Å². The van der Waals surface area contributed by atoms with Crippen LogP contribution in [0.3, 0.4) is 0 Å². The van der Waals surface area contributed by atoms with Gasteiger partial charge in [0.25, 0.3) is 5.91 Å². The molecule has 174 valence electrons. The van der Waals surface area contributed by atoms with Crippen LogP contribution in [0, 0.1) is 0 Å². The summed E-state index contributed by atoms with van der Waals surface area (Å²) >= 11 is 0. The average Bonchev–Trinajstić information content (AvgIpc) is 2.89. The molecule has 0 atom stereocenters. The zero-order valence-electron chi connectivity index (χ0n) is 19.3. The molecule has 0 bridgehead atoms. The maximum absolute atomic E-state index is 12.5. The number of anilines is 2. The largest absolute Gasteiger partial charge is 0.494 e. The number of nitrogens with zero attached hydrogens (tertiary/aromatic N) is 2. The minimum Gasteiger partial charge on any atom is -0.494 e. The van der Waals surface area contributed by atoms with Crippen molar-refractivity contribution in [2.45, 2.75) is 6.92 Å². The van der Waals surface area contributed by atoms with E-state index >= 15 is 0 Å². The van der Waals surface area contributed by atoms with Crippen molar-refractivity contribution in [2.75, 3.05) is 43.0 Å². The van der Waals surface area contributed by atoms with Crippen molar-refractivity contribution >= 4 is 29.3 Å². The molecule has 3 aromatic carbocycles. The lowest BCUT2D eigenvalue weighted by Crippen LogP contribution is -2.48. The highest BCUT2D eigenvalue weighted by Crippen LogP contribution is 2.21. The molecule has 6 heteroatoms. The van der Waals surface area contributed by atoms with E-state index in [1.54, 1.807) is 30.3 Å². The highest BCUT2D eigenvalue weighted by molar-refractivity contribution is 6.04. The molecule has 34 heavy (non-hydrogen) atoms. The van der Waals surface area contributed by atoms with Crippen molar-refractivity contribution in [1.82, 2.24) is 4.90 Å². The van der Waals surface area contributed by atoms with E-state index in [0.29, 0.717) is 25.3 Å². The first kappa shape index (κ1) is 23.1. The Morgan fingerprint density at radius 3 is 2.21 bits per heavy atom. The summed E-state index contributed by atoms with van der Waals surface area (Å²) in [7, 11) is 0. The summed E-state index contributed by atoms with van der Waals surface area (Å²) in [6.45, 7) is 5.40. The third-order valence-electron chi connectivity index (χ3n) is 5.73. The van der Waals surface area contributed by atoms with E-state index < -0.39 is 0 Å². The van der Waals surface area contributed by atoms with Crippen molar-refractivity contribution < 1.29 is 14.3 Å². The normalized spacial score (nSPS) is 13.7. The Balaban J connectivity index is 1.27. The van der Waals surface area contributed by atoms with Gasteiger partial charge in [0.1, 0.15) is 5.75 Å². The molecule has 3 aromatic rings. The minimum absolute atomic E-state index is 0.0378. The van der Waals surface area contributed by atoms with Gasteiger partial charge in [0.2, 0.25) is 5.91 Å². The molecule has 1 aliphatic heterocycles. The summed E-state index contributed by atoms with van der Waals surface area (Å²) in [6.07, 6.45) is 3.50. The molecule has 1 N–H and O–H groups in total. The molecule has 1 heterocycles. The first-order chi connectivity index (χ1) is 16.6. The van der Waals surface area contributed by atoms with Gasteiger partial charge in [0.15, 0.2) is 0 Å². The number of hydrogen-bond acceptors (Lipinski definition) is 4. The Kier molecular flexibility index (Phi) is 7.60. The first-order valence-electron chi connectivity index (χ1n) is 11.5. The fourth-order valence-corrected chi connectivity index (χ4v) is 3.85. The molecule has 1 aliphatic rings. The number of amides is 2. The summed E-state index contributed by atoms with van der Waals surface area (Å²) in [5.74, 6) is 0.625. The average molecular weight is 456 g/mol. The number of carbonyl (C=O) groups is 2. The molecule has 0 aromatic heterocycles. The molecular weight excluding hydrogens is 426 g/mol. The van der Waals surface area contributed by atoms with Crippen LogP contribution >= 0.6 is 0 Å². The number of benzene rings is 3. The molecule has 2 amide bonds. The molecule has 0 saturated carbocycles. The quantitative estimate of drug-likeness (QED) is 0.525. The number of rotatable bonds is 7. The molecular formula is C28H29N3O3. The van der Waals surface area contributed by atoms with Gasteiger partial charge in [-0.05, 0) is 67.1 Å². The Labute approximate surface area is 200 Å². The maximum atomic E-state index is 12.5. The van der Waals surface area contributed by atoms with Crippen LogP contribution in [0.5, 0.6) is 5.75 Å². The standard InChI is InChI=1S/C28H29N3O3/c1-2-34-26-15-9-23(10-16-26)28(33)29-24-11-13-25(14-12-24)30-18-20-31(21-19-30)27(32)17-8-22-6-4-3-5-7-22/h3-17H,2,18-21H2,1H3,(H,29,33)/b17-8-. The van der Waals surface area contributed by atoms with Crippen LogP contribution < -0.4 is 15.0 Å². The Hall–Kier alpha value is -4.06. The van der Waals surface area contributed by atoms with Gasteiger partial charge in [0.05, 0.1) is 6.61 Å². The van der Waals surface area contributed by atoms with Gasteiger partial charge in [-0.2, -0.15) is 0 Å². The summed E-state index contributed by atoms with van der Waals surface area (Å²) in [4.78, 5) is 29.1. The van der Waals surface area contributed by atoms with Crippen molar-refractivity contribution in [3.05, 3.63) is 96.1 Å². The molecule has 0 spiro atoms. The summed E-state index contributed by atoms with van der Waals surface area (Å²) in [5, 5.41) is 2.93. The van der Waals surface area contributed by atoms with Crippen molar-refractivity contribution in [2.24, 2.45) is 0 Å². The number of nitrogens with one attached hydrogen (secondary N) is 1. The molecule has 0 unspecified atom stereocenters. The number of carbonyl (C=O) groups excluding carboxylic acids is 2. The van der Waals surface area contributed by atoms with Gasteiger partial charge < -0.3 is 19.9 Å². The van der Waals surface area contributed by atoms with Crippen LogP contribution in [0.1, 0.15) is 22.8 Å². The van der Waals surface area contributed by atoms with E-state index in [2.05, 4.69) is 10.2 Å². The zero-order valence-corrected chi connectivity index (χ0v) is 19.3. The Morgan fingerprint density at radius 2 is 1.56 bits per heavy atom. The molecule has 0 radical (unpaired) electrons. The predicted octanol–water partition coefficient (Wildman–Crippen LogP) is 4.70. The molecule has 6 nitrogen and oxygen atoms in total. The monoisotopic (exact) mass is 455 g/mol. The van der Waals surface area contributed by atoms with E-state index in [-0.39, 0.29) is 11.8 Å². The van der Waals surface area contributed by atoms with Crippen molar-refractivity contribution in [1.29, 1.82) is 0 Å². The highest BCUT2D eigenvalue weighted by atomic mass is 16.5. The van der Waals surface area contributed by atoms with E-state index in [9.17, 15) is 9.59 Å². The number of hydrogen-bond donors (Lipinski definition) is 1. The van der Waals surface area contributed by atoms with E-state index in [0.717, 1.165) is 35.8 Å². The molecule has 4 rings (SSSR count). The van der Waals surface area contributed by atoms with Crippen LogP contribution in [0.15, 0.2) is 84.9 Å².